The number of nitrogens with zero attached hydrogens (tertiary/aromatic N) is 3. The van der Waals surface area contributed by atoms with Gasteiger partial charge in [0.15, 0.2) is 5.13 Å². The summed E-state index contributed by atoms with van der Waals surface area (Å²) in [6.45, 7) is 4.68. The Morgan fingerprint density at radius 2 is 1.93 bits per heavy atom. The van der Waals surface area contributed by atoms with Crippen molar-refractivity contribution in [2.75, 3.05) is 4.90 Å². The second-order valence-corrected chi connectivity index (χ2v) is 10.6. The van der Waals surface area contributed by atoms with Gasteiger partial charge in [-0.1, -0.05) is 47.2 Å². The van der Waals surface area contributed by atoms with Crippen molar-refractivity contribution in [2.24, 2.45) is 0 Å². The zero-order chi connectivity index (χ0) is 21.1. The van der Waals surface area contributed by atoms with Gasteiger partial charge in [0.1, 0.15) is 0 Å². The molecule has 0 atom stereocenters. The Morgan fingerprint density at radius 3 is 2.63 bits per heavy atom. The molecule has 0 unspecified atom stereocenters. The van der Waals surface area contributed by atoms with Crippen LogP contribution in [0.3, 0.4) is 0 Å². The number of hydrogen-bond donors (Lipinski definition) is 0. The molecule has 0 saturated carbocycles. The van der Waals surface area contributed by atoms with Crippen molar-refractivity contribution in [3.05, 3.63) is 82.6 Å². The Kier molecular flexibility index (Phi) is 6.51. The zero-order valence-corrected chi connectivity index (χ0v) is 19.8. The SMILES string of the molecule is CC(C)Sc1ccc(C(=O)N(Cc2ccccn2)c2nc3ccc(Br)cc3s2)cc1. The Balaban J connectivity index is 1.69. The number of hydrogen-bond acceptors (Lipinski definition) is 5. The van der Waals surface area contributed by atoms with Gasteiger partial charge in [0.05, 0.1) is 22.5 Å². The minimum atomic E-state index is -0.0835. The molecule has 152 valence electrons. The molecule has 4 nitrogen and oxygen atoms in total. The highest BCUT2D eigenvalue weighted by molar-refractivity contribution is 9.10. The standard InChI is InChI=1S/C23H20BrN3OS2/c1-15(2)29-19-9-6-16(7-10-19)22(28)27(14-18-5-3-4-12-25-18)23-26-20-11-8-17(24)13-21(20)30-23/h3-13,15H,14H2,1-2H3. The highest BCUT2D eigenvalue weighted by Gasteiger charge is 2.22. The van der Waals surface area contributed by atoms with Gasteiger partial charge in [-0.25, -0.2) is 4.98 Å². The third-order valence-electron chi connectivity index (χ3n) is 4.33. The first kappa shape index (κ1) is 21.0. The molecule has 0 fully saturated rings. The second kappa shape index (κ2) is 9.29. The smallest absolute Gasteiger partial charge is 0.260 e. The predicted molar refractivity (Wildman–Crippen MR) is 130 cm³/mol. The number of carbonyl (C=O) groups excluding carboxylic acids is 1. The quantitative estimate of drug-likeness (QED) is 0.274. The molecule has 1 amide bonds. The molecule has 0 aliphatic carbocycles. The first-order chi connectivity index (χ1) is 14.5. The van der Waals surface area contributed by atoms with E-state index in [2.05, 4.69) is 34.8 Å². The number of halogens is 1. The molecule has 0 saturated heterocycles. The third kappa shape index (κ3) is 4.91. The molecule has 0 N–H and O–H groups in total. The molecule has 2 aromatic carbocycles. The summed E-state index contributed by atoms with van der Waals surface area (Å²) in [7, 11) is 0. The Bertz CT molecular complexity index is 1160. The van der Waals surface area contributed by atoms with Crippen molar-refractivity contribution >= 4 is 60.3 Å². The number of aromatic nitrogens is 2. The van der Waals surface area contributed by atoms with Crippen molar-refractivity contribution in [1.29, 1.82) is 0 Å². The number of anilines is 1. The van der Waals surface area contributed by atoms with E-state index in [1.807, 2.05) is 60.7 Å². The molecule has 0 aliphatic heterocycles. The van der Waals surface area contributed by atoms with E-state index in [1.54, 1.807) is 22.9 Å². The van der Waals surface area contributed by atoms with Crippen molar-refractivity contribution in [1.82, 2.24) is 9.97 Å². The van der Waals surface area contributed by atoms with Crippen molar-refractivity contribution in [2.45, 2.75) is 30.5 Å². The monoisotopic (exact) mass is 497 g/mol. The number of carbonyl (C=O) groups is 1. The first-order valence-electron chi connectivity index (χ1n) is 9.54. The molecule has 0 spiro atoms. The fourth-order valence-electron chi connectivity index (χ4n) is 2.99. The van der Waals surface area contributed by atoms with Gasteiger partial charge < -0.3 is 0 Å². The van der Waals surface area contributed by atoms with E-state index in [9.17, 15) is 4.79 Å². The second-order valence-electron chi connectivity index (χ2n) is 7.01. The van der Waals surface area contributed by atoms with E-state index in [1.165, 1.54) is 11.3 Å². The highest BCUT2D eigenvalue weighted by Crippen LogP contribution is 2.32. The van der Waals surface area contributed by atoms with Gasteiger partial charge in [-0.2, -0.15) is 0 Å². The average Bonchev–Trinajstić information content (AvgIpc) is 3.15. The van der Waals surface area contributed by atoms with Crippen LogP contribution in [-0.2, 0) is 6.54 Å². The van der Waals surface area contributed by atoms with Gasteiger partial charge in [0, 0.05) is 26.4 Å². The van der Waals surface area contributed by atoms with Crippen LogP contribution in [0.2, 0.25) is 0 Å². The lowest BCUT2D eigenvalue weighted by Crippen LogP contribution is -2.30. The van der Waals surface area contributed by atoms with Gasteiger partial charge in [-0.05, 0) is 54.6 Å². The van der Waals surface area contributed by atoms with Crippen LogP contribution in [0.1, 0.15) is 29.9 Å². The van der Waals surface area contributed by atoms with Crippen LogP contribution < -0.4 is 4.90 Å². The van der Waals surface area contributed by atoms with E-state index in [-0.39, 0.29) is 5.91 Å². The Morgan fingerprint density at radius 1 is 1.13 bits per heavy atom. The summed E-state index contributed by atoms with van der Waals surface area (Å²) >= 11 is 6.79. The van der Waals surface area contributed by atoms with E-state index in [4.69, 9.17) is 4.98 Å². The van der Waals surface area contributed by atoms with Gasteiger partial charge in [0.25, 0.3) is 5.91 Å². The fourth-order valence-corrected chi connectivity index (χ4v) is 5.34. The molecule has 0 bridgehead atoms. The zero-order valence-electron chi connectivity index (χ0n) is 16.6. The maximum atomic E-state index is 13.5. The maximum absolute atomic E-state index is 13.5. The molecule has 0 radical (unpaired) electrons. The number of thiazole rings is 1. The molecular formula is C23H20BrN3OS2. The predicted octanol–water partition coefficient (Wildman–Crippen LogP) is 6.80. The molecule has 4 rings (SSSR count). The molecule has 4 aromatic rings. The van der Waals surface area contributed by atoms with Crippen molar-refractivity contribution in [3.63, 3.8) is 0 Å². The average molecular weight is 498 g/mol. The molecule has 30 heavy (non-hydrogen) atoms. The van der Waals surface area contributed by atoms with Crippen molar-refractivity contribution < 1.29 is 4.79 Å². The van der Waals surface area contributed by atoms with E-state index >= 15 is 0 Å². The Labute approximate surface area is 192 Å². The van der Waals surface area contributed by atoms with Gasteiger partial charge in [-0.3, -0.25) is 14.7 Å². The van der Waals surface area contributed by atoms with Crippen LogP contribution in [0, 0.1) is 0 Å². The fraction of sp³-hybridized carbons (Fsp3) is 0.174. The van der Waals surface area contributed by atoms with Crippen LogP contribution in [0.15, 0.2) is 76.2 Å². The number of benzene rings is 2. The molecule has 7 heteroatoms. The lowest BCUT2D eigenvalue weighted by molar-refractivity contribution is 0.0984. The van der Waals surface area contributed by atoms with Crippen LogP contribution >= 0.6 is 39.0 Å². The van der Waals surface area contributed by atoms with Crippen LogP contribution in [-0.4, -0.2) is 21.1 Å². The normalized spacial score (nSPS) is 11.2. The Hall–Kier alpha value is -2.22. The maximum Gasteiger partial charge on any atom is 0.260 e. The van der Waals surface area contributed by atoms with E-state index in [0.717, 1.165) is 25.3 Å². The van der Waals surface area contributed by atoms with Crippen molar-refractivity contribution in [3.8, 4) is 0 Å². The van der Waals surface area contributed by atoms with Gasteiger partial charge in [-0.15, -0.1) is 11.8 Å². The molecular weight excluding hydrogens is 478 g/mol. The number of rotatable bonds is 6. The summed E-state index contributed by atoms with van der Waals surface area (Å²) in [5, 5.41) is 1.16. The minimum Gasteiger partial charge on any atom is -0.278 e. The van der Waals surface area contributed by atoms with E-state index < -0.39 is 0 Å². The van der Waals surface area contributed by atoms with E-state index in [0.29, 0.717) is 22.5 Å². The number of pyridine rings is 1. The highest BCUT2D eigenvalue weighted by atomic mass is 79.9. The number of fused-ring (bicyclic) bond motifs is 1. The first-order valence-corrected chi connectivity index (χ1v) is 12.0. The van der Waals surface area contributed by atoms with Gasteiger partial charge in [0.2, 0.25) is 0 Å². The van der Waals surface area contributed by atoms with Gasteiger partial charge >= 0.3 is 0 Å². The summed E-state index contributed by atoms with van der Waals surface area (Å²) in [5.74, 6) is -0.0835. The molecule has 0 aliphatic rings. The summed E-state index contributed by atoms with van der Waals surface area (Å²) in [4.78, 5) is 25.5. The van der Waals surface area contributed by atoms with Crippen LogP contribution in [0.25, 0.3) is 10.2 Å². The summed E-state index contributed by atoms with van der Waals surface area (Å²) < 4.78 is 2.02. The number of thioether (sulfide) groups is 1. The minimum absolute atomic E-state index is 0.0835. The number of amides is 1. The summed E-state index contributed by atoms with van der Waals surface area (Å²) in [5.41, 5.74) is 2.33. The van der Waals surface area contributed by atoms with Crippen LogP contribution in [0.5, 0.6) is 0 Å². The third-order valence-corrected chi connectivity index (χ3v) is 6.88. The summed E-state index contributed by atoms with van der Waals surface area (Å²) in [6.07, 6.45) is 1.74. The largest absolute Gasteiger partial charge is 0.278 e. The molecule has 2 aromatic heterocycles. The molecule has 2 heterocycles. The summed E-state index contributed by atoms with van der Waals surface area (Å²) in [6, 6.07) is 19.5. The van der Waals surface area contributed by atoms with Crippen LogP contribution in [0.4, 0.5) is 5.13 Å². The topological polar surface area (TPSA) is 46.1 Å². The lowest BCUT2D eigenvalue weighted by atomic mass is 10.2. The lowest BCUT2D eigenvalue weighted by Gasteiger charge is -2.20.